The van der Waals surface area contributed by atoms with Crippen LogP contribution in [0.25, 0.3) is 10.2 Å². The van der Waals surface area contributed by atoms with Crippen molar-refractivity contribution in [3.05, 3.63) is 16.8 Å². The third-order valence-electron chi connectivity index (χ3n) is 3.38. The zero-order valence-corrected chi connectivity index (χ0v) is 12.3. The quantitative estimate of drug-likeness (QED) is 0.757. The van der Waals surface area contributed by atoms with Crippen LogP contribution in [0.4, 0.5) is 5.82 Å². The largest absolute Gasteiger partial charge is 0.355 e. The minimum atomic E-state index is 0.590. The van der Waals surface area contributed by atoms with E-state index >= 15 is 0 Å². The molecule has 0 N–H and O–H groups in total. The lowest BCUT2D eigenvalue weighted by Gasteiger charge is -2.17. The van der Waals surface area contributed by atoms with Crippen LogP contribution >= 0.6 is 27.3 Å². The van der Waals surface area contributed by atoms with Gasteiger partial charge in [-0.05, 0) is 25.8 Å². The van der Waals surface area contributed by atoms with Crippen LogP contribution in [0, 0.1) is 13.8 Å². The third kappa shape index (κ3) is 1.85. The smallest absolute Gasteiger partial charge is 0.141 e. The van der Waals surface area contributed by atoms with Crippen LogP contribution in [0.1, 0.15) is 16.9 Å². The molecule has 3 nitrogen and oxygen atoms in total. The molecule has 1 aliphatic heterocycles. The number of nitrogens with zero attached hydrogens (tertiary/aromatic N) is 3. The second kappa shape index (κ2) is 4.21. The summed E-state index contributed by atoms with van der Waals surface area (Å²) in [6.07, 6.45) is 2.88. The molecule has 1 atom stereocenters. The molecule has 0 aromatic carbocycles. The molecular formula is C12H14BrN3S. The Balaban J connectivity index is 2.16. The Kier molecular flexibility index (Phi) is 2.83. The van der Waals surface area contributed by atoms with Gasteiger partial charge in [0.2, 0.25) is 0 Å². The number of fused-ring (bicyclic) bond motifs is 1. The highest BCUT2D eigenvalue weighted by Crippen LogP contribution is 2.35. The summed E-state index contributed by atoms with van der Waals surface area (Å²) in [4.78, 5) is 14.3. The Morgan fingerprint density at radius 3 is 2.94 bits per heavy atom. The minimum absolute atomic E-state index is 0.590. The number of aromatic nitrogens is 2. The molecule has 90 valence electrons. The first-order valence-corrected chi connectivity index (χ1v) is 7.49. The van der Waals surface area contributed by atoms with Crippen molar-refractivity contribution < 1.29 is 0 Å². The second-order valence-corrected chi connectivity index (χ2v) is 6.99. The zero-order chi connectivity index (χ0) is 12.0. The highest BCUT2D eigenvalue weighted by atomic mass is 79.9. The van der Waals surface area contributed by atoms with Crippen LogP contribution in [0.15, 0.2) is 6.33 Å². The monoisotopic (exact) mass is 311 g/mol. The summed E-state index contributed by atoms with van der Waals surface area (Å²) >= 11 is 5.44. The summed E-state index contributed by atoms with van der Waals surface area (Å²) < 4.78 is 0. The number of thiophene rings is 1. The molecule has 0 bridgehead atoms. The van der Waals surface area contributed by atoms with E-state index in [0.717, 1.165) is 23.7 Å². The Morgan fingerprint density at radius 2 is 2.24 bits per heavy atom. The van der Waals surface area contributed by atoms with Crippen LogP contribution in [0.5, 0.6) is 0 Å². The maximum absolute atomic E-state index is 4.50. The molecule has 1 aliphatic rings. The van der Waals surface area contributed by atoms with Gasteiger partial charge in [0.25, 0.3) is 0 Å². The standard InChI is InChI=1S/C12H14BrN3S/c1-7-8(2)17-12-10(7)11(14-6-15-12)16-4-3-9(13)5-16/h6,9H,3-5H2,1-2H3. The molecule has 0 spiro atoms. The van der Waals surface area contributed by atoms with Gasteiger partial charge in [-0.25, -0.2) is 9.97 Å². The Hall–Kier alpha value is -0.680. The van der Waals surface area contributed by atoms with Gasteiger partial charge in [-0.15, -0.1) is 11.3 Å². The van der Waals surface area contributed by atoms with Crippen molar-refractivity contribution in [1.29, 1.82) is 0 Å². The van der Waals surface area contributed by atoms with Crippen molar-refractivity contribution in [2.75, 3.05) is 18.0 Å². The van der Waals surface area contributed by atoms with Gasteiger partial charge >= 0.3 is 0 Å². The van der Waals surface area contributed by atoms with E-state index < -0.39 is 0 Å². The molecule has 5 heteroatoms. The summed E-state index contributed by atoms with van der Waals surface area (Å²) in [6, 6.07) is 0. The molecule has 0 radical (unpaired) electrons. The van der Waals surface area contributed by atoms with Gasteiger partial charge in [-0.2, -0.15) is 0 Å². The van der Waals surface area contributed by atoms with E-state index in [1.54, 1.807) is 17.7 Å². The van der Waals surface area contributed by atoms with E-state index in [1.807, 2.05) is 0 Å². The van der Waals surface area contributed by atoms with E-state index in [0.29, 0.717) is 4.83 Å². The highest BCUT2D eigenvalue weighted by molar-refractivity contribution is 9.09. The van der Waals surface area contributed by atoms with Gasteiger partial charge in [0.1, 0.15) is 17.0 Å². The molecule has 3 rings (SSSR count). The van der Waals surface area contributed by atoms with Crippen LogP contribution in [-0.4, -0.2) is 27.9 Å². The average Bonchev–Trinajstić information content (AvgIpc) is 2.85. The SMILES string of the molecule is Cc1sc2ncnc(N3CCC(Br)C3)c2c1C. The van der Waals surface area contributed by atoms with E-state index in [2.05, 4.69) is 44.6 Å². The van der Waals surface area contributed by atoms with Crippen LogP contribution < -0.4 is 4.90 Å². The lowest BCUT2D eigenvalue weighted by atomic mass is 10.2. The lowest BCUT2D eigenvalue weighted by molar-refractivity contribution is 0.940. The maximum Gasteiger partial charge on any atom is 0.141 e. The predicted molar refractivity (Wildman–Crippen MR) is 76.4 cm³/mol. The first-order chi connectivity index (χ1) is 8.16. The van der Waals surface area contributed by atoms with E-state index in [4.69, 9.17) is 0 Å². The van der Waals surface area contributed by atoms with Crippen molar-refractivity contribution in [3.63, 3.8) is 0 Å². The topological polar surface area (TPSA) is 29.0 Å². The number of aryl methyl sites for hydroxylation is 2. The number of anilines is 1. The van der Waals surface area contributed by atoms with E-state index in [1.165, 1.54) is 22.2 Å². The highest BCUT2D eigenvalue weighted by Gasteiger charge is 2.24. The summed E-state index contributed by atoms with van der Waals surface area (Å²) in [5.41, 5.74) is 1.33. The van der Waals surface area contributed by atoms with Crippen molar-refractivity contribution in [1.82, 2.24) is 9.97 Å². The average molecular weight is 312 g/mol. The predicted octanol–water partition coefficient (Wildman–Crippen LogP) is 3.28. The van der Waals surface area contributed by atoms with Gasteiger partial charge < -0.3 is 4.90 Å². The molecule has 1 saturated heterocycles. The normalized spacial score (nSPS) is 20.4. The van der Waals surface area contributed by atoms with Gasteiger partial charge in [-0.1, -0.05) is 15.9 Å². The number of halogens is 1. The van der Waals surface area contributed by atoms with Crippen molar-refractivity contribution in [2.24, 2.45) is 0 Å². The van der Waals surface area contributed by atoms with Gasteiger partial charge in [0.05, 0.1) is 5.39 Å². The fraction of sp³-hybridized carbons (Fsp3) is 0.500. The number of rotatable bonds is 1. The first-order valence-electron chi connectivity index (χ1n) is 5.76. The Morgan fingerprint density at radius 1 is 1.41 bits per heavy atom. The molecule has 0 aliphatic carbocycles. The lowest BCUT2D eigenvalue weighted by Crippen LogP contribution is -2.21. The number of hydrogen-bond donors (Lipinski definition) is 0. The van der Waals surface area contributed by atoms with Crippen molar-refractivity contribution in [3.8, 4) is 0 Å². The summed E-state index contributed by atoms with van der Waals surface area (Å²) in [5.74, 6) is 1.11. The van der Waals surface area contributed by atoms with E-state index in [-0.39, 0.29) is 0 Å². The van der Waals surface area contributed by atoms with Crippen molar-refractivity contribution >= 4 is 43.3 Å². The molecule has 0 amide bonds. The van der Waals surface area contributed by atoms with Crippen LogP contribution in [-0.2, 0) is 0 Å². The first kappa shape index (κ1) is 11.4. The van der Waals surface area contributed by atoms with Crippen molar-refractivity contribution in [2.45, 2.75) is 25.1 Å². The Bertz CT molecular complexity index is 566. The molecule has 3 heterocycles. The third-order valence-corrected chi connectivity index (χ3v) is 5.24. The van der Waals surface area contributed by atoms with Gasteiger partial charge in [0.15, 0.2) is 0 Å². The van der Waals surface area contributed by atoms with Crippen LogP contribution in [0.2, 0.25) is 0 Å². The molecule has 1 unspecified atom stereocenters. The number of hydrogen-bond acceptors (Lipinski definition) is 4. The number of alkyl halides is 1. The second-order valence-electron chi connectivity index (χ2n) is 4.49. The molecule has 2 aromatic rings. The van der Waals surface area contributed by atoms with Gasteiger partial charge in [0, 0.05) is 22.8 Å². The molecule has 17 heavy (non-hydrogen) atoms. The maximum atomic E-state index is 4.50. The Labute approximate surface area is 113 Å². The fourth-order valence-corrected chi connectivity index (χ4v) is 3.86. The van der Waals surface area contributed by atoms with Crippen LogP contribution in [0.3, 0.4) is 0 Å². The minimum Gasteiger partial charge on any atom is -0.355 e. The summed E-state index contributed by atoms with van der Waals surface area (Å²) in [5, 5.41) is 1.25. The molecule has 0 saturated carbocycles. The molecular weight excluding hydrogens is 298 g/mol. The molecule has 2 aromatic heterocycles. The zero-order valence-electron chi connectivity index (χ0n) is 9.90. The summed E-state index contributed by atoms with van der Waals surface area (Å²) in [6.45, 7) is 6.45. The molecule has 1 fully saturated rings. The summed E-state index contributed by atoms with van der Waals surface area (Å²) in [7, 11) is 0. The van der Waals surface area contributed by atoms with Gasteiger partial charge in [-0.3, -0.25) is 0 Å². The van der Waals surface area contributed by atoms with E-state index in [9.17, 15) is 0 Å². The fourth-order valence-electron chi connectivity index (χ4n) is 2.31.